The van der Waals surface area contributed by atoms with Gasteiger partial charge < -0.3 is 9.94 Å². The van der Waals surface area contributed by atoms with E-state index in [0.29, 0.717) is 17.3 Å². The molecule has 3 heteroatoms. The molecule has 5 rings (SSSR count). The van der Waals surface area contributed by atoms with Gasteiger partial charge in [0.1, 0.15) is 0 Å². The standard InChI is InChI=1S/C21H27NO2/c1-20-10-7-17-16-6-4-15(22-23)13-14(16)3-5-18(17)19(20)8-11-21(20)9-2-12-24-21/h2-3,5,9,13,16-19,23H,4,6-8,10-12H2,1H3/t16-,17?,18?,19?,20-,21-/m0/s1. The van der Waals surface area contributed by atoms with E-state index in [-0.39, 0.29) is 5.60 Å². The van der Waals surface area contributed by atoms with Crippen LogP contribution in [0.5, 0.6) is 0 Å². The average Bonchev–Trinajstić information content (AvgIpc) is 3.21. The molecule has 0 aromatic carbocycles. The molecule has 2 fully saturated rings. The normalized spacial score (nSPS) is 50.7. The second kappa shape index (κ2) is 5.08. The van der Waals surface area contributed by atoms with Gasteiger partial charge in [0.2, 0.25) is 0 Å². The van der Waals surface area contributed by atoms with E-state index in [9.17, 15) is 0 Å². The van der Waals surface area contributed by atoms with Crippen LogP contribution in [0.3, 0.4) is 0 Å². The van der Waals surface area contributed by atoms with Crippen LogP contribution in [0.25, 0.3) is 0 Å². The van der Waals surface area contributed by atoms with Crippen molar-refractivity contribution in [2.75, 3.05) is 6.61 Å². The SMILES string of the molecule is C[C@]12CCC3C(C=CC4=CC(=NO)CC[C@@H]43)C1CC[C@@]21C=CCO1. The van der Waals surface area contributed by atoms with Crippen molar-refractivity contribution in [3.05, 3.63) is 36.0 Å². The fourth-order valence-corrected chi connectivity index (χ4v) is 6.78. The predicted octanol–water partition coefficient (Wildman–Crippen LogP) is 4.49. The molecule has 0 aromatic rings. The maximum atomic E-state index is 9.09. The molecule has 1 N–H and O–H groups in total. The van der Waals surface area contributed by atoms with E-state index < -0.39 is 0 Å². The molecule has 0 saturated heterocycles. The lowest BCUT2D eigenvalue weighted by Gasteiger charge is -2.54. The van der Waals surface area contributed by atoms with Crippen molar-refractivity contribution in [1.82, 2.24) is 0 Å². The van der Waals surface area contributed by atoms with Crippen LogP contribution >= 0.6 is 0 Å². The first-order valence-electron chi connectivity index (χ1n) is 9.59. The molecule has 1 aliphatic heterocycles. The van der Waals surface area contributed by atoms with Gasteiger partial charge in [-0.05, 0) is 73.8 Å². The molecule has 0 bridgehead atoms. The van der Waals surface area contributed by atoms with E-state index in [1.54, 1.807) is 0 Å². The zero-order valence-electron chi connectivity index (χ0n) is 14.4. The molecule has 4 aliphatic carbocycles. The van der Waals surface area contributed by atoms with Crippen LogP contribution < -0.4 is 0 Å². The molecule has 0 aromatic heterocycles. The lowest BCUT2D eigenvalue weighted by molar-refractivity contribution is -0.0993. The molecule has 1 spiro atoms. The third kappa shape index (κ3) is 1.79. The predicted molar refractivity (Wildman–Crippen MR) is 94.0 cm³/mol. The number of oxime groups is 1. The molecule has 0 radical (unpaired) electrons. The van der Waals surface area contributed by atoms with Crippen molar-refractivity contribution in [1.29, 1.82) is 0 Å². The zero-order chi connectivity index (χ0) is 16.4. The van der Waals surface area contributed by atoms with Gasteiger partial charge in [-0.2, -0.15) is 0 Å². The van der Waals surface area contributed by atoms with Gasteiger partial charge in [-0.3, -0.25) is 0 Å². The summed E-state index contributed by atoms with van der Waals surface area (Å²) >= 11 is 0. The quantitative estimate of drug-likeness (QED) is 0.405. The Morgan fingerprint density at radius 1 is 1.25 bits per heavy atom. The smallest absolute Gasteiger partial charge is 0.0923 e. The van der Waals surface area contributed by atoms with Crippen LogP contribution in [0, 0.1) is 29.1 Å². The van der Waals surface area contributed by atoms with Crippen LogP contribution in [-0.2, 0) is 4.74 Å². The Hall–Kier alpha value is -1.35. The maximum Gasteiger partial charge on any atom is 0.0923 e. The van der Waals surface area contributed by atoms with Gasteiger partial charge >= 0.3 is 0 Å². The molecule has 3 unspecified atom stereocenters. The molecule has 2 saturated carbocycles. The van der Waals surface area contributed by atoms with E-state index in [2.05, 4.69) is 42.5 Å². The van der Waals surface area contributed by atoms with Crippen molar-refractivity contribution in [3.63, 3.8) is 0 Å². The zero-order valence-corrected chi connectivity index (χ0v) is 14.4. The minimum absolute atomic E-state index is 0.00980. The van der Waals surface area contributed by atoms with Gasteiger partial charge in [0.15, 0.2) is 0 Å². The number of ether oxygens (including phenoxy) is 1. The Labute approximate surface area is 144 Å². The Morgan fingerprint density at radius 2 is 2.17 bits per heavy atom. The number of fused-ring (bicyclic) bond motifs is 6. The molecule has 128 valence electrons. The highest BCUT2D eigenvalue weighted by Crippen LogP contribution is 2.65. The van der Waals surface area contributed by atoms with Gasteiger partial charge in [0.05, 0.1) is 17.9 Å². The van der Waals surface area contributed by atoms with Crippen molar-refractivity contribution < 1.29 is 9.94 Å². The first-order valence-corrected chi connectivity index (χ1v) is 9.59. The summed E-state index contributed by atoms with van der Waals surface area (Å²) in [6.07, 6.45) is 18.7. The van der Waals surface area contributed by atoms with E-state index >= 15 is 0 Å². The lowest BCUT2D eigenvalue weighted by Crippen LogP contribution is -2.51. The second-order valence-electron chi connectivity index (χ2n) is 8.69. The Kier molecular flexibility index (Phi) is 3.16. The van der Waals surface area contributed by atoms with Crippen LogP contribution in [0.2, 0.25) is 0 Å². The Bertz CT molecular complexity index is 675. The minimum Gasteiger partial charge on any atom is -0.411 e. The second-order valence-corrected chi connectivity index (χ2v) is 8.69. The number of nitrogens with zero attached hydrogens (tertiary/aromatic N) is 1. The minimum atomic E-state index is 0.00980. The summed E-state index contributed by atoms with van der Waals surface area (Å²) in [6, 6.07) is 0. The fourth-order valence-electron chi connectivity index (χ4n) is 6.78. The van der Waals surface area contributed by atoms with E-state index in [1.165, 1.54) is 31.3 Å². The summed E-state index contributed by atoms with van der Waals surface area (Å²) < 4.78 is 6.30. The number of rotatable bonds is 0. The Morgan fingerprint density at radius 3 is 2.96 bits per heavy atom. The number of allylic oxidation sites excluding steroid dienone is 4. The third-order valence-electron chi connectivity index (χ3n) is 8.02. The molecule has 1 heterocycles. The van der Waals surface area contributed by atoms with Crippen molar-refractivity contribution in [3.8, 4) is 0 Å². The summed E-state index contributed by atoms with van der Waals surface area (Å²) in [6.45, 7) is 3.29. The summed E-state index contributed by atoms with van der Waals surface area (Å²) in [5.41, 5.74) is 2.53. The summed E-state index contributed by atoms with van der Waals surface area (Å²) in [4.78, 5) is 0. The molecular weight excluding hydrogens is 298 g/mol. The molecule has 0 amide bonds. The molecule has 24 heavy (non-hydrogen) atoms. The molecule has 5 aliphatic rings. The van der Waals surface area contributed by atoms with E-state index in [4.69, 9.17) is 9.94 Å². The fraction of sp³-hybridized carbons (Fsp3) is 0.667. The first-order chi connectivity index (χ1) is 11.7. The van der Waals surface area contributed by atoms with Crippen LogP contribution in [0.4, 0.5) is 0 Å². The first kappa shape index (κ1) is 14.9. The summed E-state index contributed by atoms with van der Waals surface area (Å²) in [7, 11) is 0. The van der Waals surface area contributed by atoms with E-state index in [0.717, 1.165) is 37.0 Å². The maximum absolute atomic E-state index is 9.09. The highest BCUT2D eigenvalue weighted by Gasteiger charge is 2.62. The van der Waals surface area contributed by atoms with E-state index in [1.807, 2.05) is 0 Å². The summed E-state index contributed by atoms with van der Waals surface area (Å²) in [5.74, 6) is 2.85. The van der Waals surface area contributed by atoms with Crippen molar-refractivity contribution in [2.45, 2.75) is 51.0 Å². The van der Waals surface area contributed by atoms with Crippen molar-refractivity contribution >= 4 is 5.71 Å². The van der Waals surface area contributed by atoms with Crippen molar-refractivity contribution in [2.24, 2.45) is 34.2 Å². The highest BCUT2D eigenvalue weighted by atomic mass is 16.5. The van der Waals surface area contributed by atoms with Crippen LogP contribution in [0.15, 0.2) is 41.1 Å². The van der Waals surface area contributed by atoms with Crippen LogP contribution in [-0.4, -0.2) is 23.1 Å². The topological polar surface area (TPSA) is 41.8 Å². The van der Waals surface area contributed by atoms with Crippen LogP contribution in [0.1, 0.15) is 45.4 Å². The van der Waals surface area contributed by atoms with Gasteiger partial charge in [-0.1, -0.05) is 36.4 Å². The lowest BCUT2D eigenvalue weighted by atomic mass is 9.52. The molecule has 6 atom stereocenters. The van der Waals surface area contributed by atoms with Gasteiger partial charge in [0, 0.05) is 5.41 Å². The average molecular weight is 325 g/mol. The number of hydrogen-bond donors (Lipinski definition) is 1. The Balaban J connectivity index is 1.50. The molecular formula is C21H27NO2. The largest absolute Gasteiger partial charge is 0.411 e. The monoisotopic (exact) mass is 325 g/mol. The highest BCUT2D eigenvalue weighted by molar-refractivity contribution is 5.96. The van der Waals surface area contributed by atoms with Gasteiger partial charge in [0.25, 0.3) is 0 Å². The third-order valence-corrected chi connectivity index (χ3v) is 8.02. The summed E-state index contributed by atoms with van der Waals surface area (Å²) in [5, 5.41) is 12.5. The number of hydrogen-bond acceptors (Lipinski definition) is 3. The van der Waals surface area contributed by atoms with Gasteiger partial charge in [-0.25, -0.2) is 0 Å². The molecule has 3 nitrogen and oxygen atoms in total. The van der Waals surface area contributed by atoms with Gasteiger partial charge in [-0.15, -0.1) is 0 Å².